The van der Waals surface area contributed by atoms with E-state index in [0.717, 1.165) is 12.4 Å². The number of aromatic nitrogens is 2. The molecule has 1 amide bonds. The van der Waals surface area contributed by atoms with Gasteiger partial charge in [0.1, 0.15) is 23.0 Å². The quantitative estimate of drug-likeness (QED) is 0.845. The van der Waals surface area contributed by atoms with Gasteiger partial charge in [-0.05, 0) is 6.92 Å². The van der Waals surface area contributed by atoms with Crippen LogP contribution in [0.1, 0.15) is 22.8 Å². The lowest BCUT2D eigenvalue weighted by Crippen LogP contribution is -2.19. The molecule has 0 bridgehead atoms. The Kier molecular flexibility index (Phi) is 5.46. The summed E-state index contributed by atoms with van der Waals surface area (Å²) < 4.78 is 44.8. The Morgan fingerprint density at radius 1 is 1.12 bits per heavy atom. The zero-order valence-corrected chi connectivity index (χ0v) is 12.5. The van der Waals surface area contributed by atoms with Crippen LogP contribution in [0.5, 0.6) is 0 Å². The smallest absolute Gasteiger partial charge is 0.341 e. The van der Waals surface area contributed by atoms with Crippen molar-refractivity contribution in [2.75, 3.05) is 11.9 Å². The predicted octanol–water partition coefficient (Wildman–Crippen LogP) is 2.25. The number of esters is 1. The van der Waals surface area contributed by atoms with Crippen molar-refractivity contribution in [3.8, 4) is 0 Å². The minimum atomic E-state index is -1.18. The Morgan fingerprint density at radius 3 is 2.38 bits per heavy atom. The third-order valence-electron chi connectivity index (χ3n) is 2.94. The largest absolute Gasteiger partial charge is 0.462 e. The van der Waals surface area contributed by atoms with E-state index in [4.69, 9.17) is 4.74 Å². The number of halogens is 3. The van der Waals surface area contributed by atoms with Crippen molar-refractivity contribution in [3.63, 3.8) is 0 Å². The number of hydrogen-bond acceptors (Lipinski definition) is 5. The first-order chi connectivity index (χ1) is 11.4. The maximum atomic E-state index is 13.6. The molecular weight excluding hydrogens is 327 g/mol. The van der Waals surface area contributed by atoms with Crippen molar-refractivity contribution in [2.45, 2.75) is 13.3 Å². The molecule has 2 rings (SSSR count). The van der Waals surface area contributed by atoms with Gasteiger partial charge in [0.2, 0.25) is 5.91 Å². The number of rotatable bonds is 5. The van der Waals surface area contributed by atoms with Gasteiger partial charge in [-0.2, -0.15) is 10.2 Å². The summed E-state index contributed by atoms with van der Waals surface area (Å²) in [7, 11) is 0. The fourth-order valence-electron chi connectivity index (χ4n) is 1.89. The number of benzene rings is 1. The zero-order valence-electron chi connectivity index (χ0n) is 12.5. The van der Waals surface area contributed by atoms with Crippen molar-refractivity contribution < 1.29 is 27.5 Å². The monoisotopic (exact) mass is 339 g/mol. The van der Waals surface area contributed by atoms with Crippen LogP contribution >= 0.6 is 0 Å². The third kappa shape index (κ3) is 4.06. The maximum Gasteiger partial charge on any atom is 0.341 e. The summed E-state index contributed by atoms with van der Waals surface area (Å²) in [5.74, 6) is -5.00. The van der Waals surface area contributed by atoms with Crippen LogP contribution in [-0.4, -0.2) is 28.7 Å². The molecule has 9 heteroatoms. The summed E-state index contributed by atoms with van der Waals surface area (Å²) in [4.78, 5) is 23.7. The molecule has 0 unspecified atom stereocenters. The second-order valence-corrected chi connectivity index (χ2v) is 4.61. The number of carbonyl (C=O) groups excluding carboxylic acids is 2. The lowest BCUT2D eigenvalue weighted by molar-refractivity contribution is -0.115. The van der Waals surface area contributed by atoms with Gasteiger partial charge >= 0.3 is 5.97 Å². The van der Waals surface area contributed by atoms with E-state index in [-0.39, 0.29) is 17.9 Å². The van der Waals surface area contributed by atoms with E-state index in [1.807, 2.05) is 0 Å². The van der Waals surface area contributed by atoms with E-state index < -0.39 is 41.3 Å². The molecule has 0 aliphatic rings. The highest BCUT2D eigenvalue weighted by Crippen LogP contribution is 2.18. The van der Waals surface area contributed by atoms with E-state index in [2.05, 4.69) is 15.5 Å². The molecule has 0 fully saturated rings. The minimum absolute atomic E-state index is 0.0172. The maximum absolute atomic E-state index is 13.6. The van der Waals surface area contributed by atoms with Gasteiger partial charge in [-0.25, -0.2) is 18.0 Å². The highest BCUT2D eigenvalue weighted by atomic mass is 19.1. The zero-order chi connectivity index (χ0) is 17.7. The Morgan fingerprint density at radius 2 is 1.75 bits per heavy atom. The molecule has 126 valence electrons. The van der Waals surface area contributed by atoms with Crippen molar-refractivity contribution in [2.24, 2.45) is 0 Å². The van der Waals surface area contributed by atoms with Crippen molar-refractivity contribution in [1.29, 1.82) is 0 Å². The number of hydrogen-bond donors (Lipinski definition) is 1. The fraction of sp³-hybridized carbons (Fsp3) is 0.200. The van der Waals surface area contributed by atoms with E-state index >= 15 is 0 Å². The molecule has 6 nitrogen and oxygen atoms in total. The van der Waals surface area contributed by atoms with Gasteiger partial charge in [0.05, 0.1) is 31.1 Å². The lowest BCUT2D eigenvalue weighted by Gasteiger charge is -2.10. The van der Waals surface area contributed by atoms with Crippen molar-refractivity contribution in [3.05, 3.63) is 53.1 Å². The molecule has 24 heavy (non-hydrogen) atoms. The van der Waals surface area contributed by atoms with Gasteiger partial charge in [0, 0.05) is 17.7 Å². The Hall–Kier alpha value is -2.97. The minimum Gasteiger partial charge on any atom is -0.462 e. The summed E-state index contributed by atoms with van der Waals surface area (Å²) in [5.41, 5.74) is -0.662. The fourth-order valence-corrected chi connectivity index (χ4v) is 1.89. The molecule has 0 saturated heterocycles. The van der Waals surface area contributed by atoms with Crippen LogP contribution in [0, 0.1) is 17.5 Å². The van der Waals surface area contributed by atoms with Gasteiger partial charge in [-0.15, -0.1) is 0 Å². The highest BCUT2D eigenvalue weighted by Gasteiger charge is 2.18. The number of nitrogens with one attached hydrogen (secondary N) is 1. The molecule has 0 aliphatic heterocycles. The van der Waals surface area contributed by atoms with E-state index in [0.29, 0.717) is 12.1 Å². The summed E-state index contributed by atoms with van der Waals surface area (Å²) >= 11 is 0. The van der Waals surface area contributed by atoms with Gasteiger partial charge < -0.3 is 10.1 Å². The number of amides is 1. The summed E-state index contributed by atoms with van der Waals surface area (Å²) in [6.45, 7) is 1.71. The van der Waals surface area contributed by atoms with Crippen LogP contribution in [0.3, 0.4) is 0 Å². The molecule has 1 heterocycles. The first-order valence-electron chi connectivity index (χ1n) is 6.83. The van der Waals surface area contributed by atoms with Gasteiger partial charge in [-0.1, -0.05) is 0 Å². The molecule has 1 N–H and O–H groups in total. The number of nitrogens with zero attached hydrogens (tertiary/aromatic N) is 2. The van der Waals surface area contributed by atoms with E-state index in [9.17, 15) is 22.8 Å². The second kappa shape index (κ2) is 7.53. The number of ether oxygens (including phenoxy) is 1. The molecule has 1 aromatic carbocycles. The number of carbonyl (C=O) groups is 2. The summed E-state index contributed by atoms with van der Waals surface area (Å²) in [5, 5.41) is 9.34. The molecule has 0 atom stereocenters. The third-order valence-corrected chi connectivity index (χ3v) is 2.94. The molecule has 2 aromatic rings. The molecule has 0 aliphatic carbocycles. The van der Waals surface area contributed by atoms with Crippen LogP contribution in [0.15, 0.2) is 24.5 Å². The SMILES string of the molecule is CCOC(=O)c1cnncc1NC(=O)Cc1c(F)cc(F)cc1F. The number of anilines is 1. The van der Waals surface area contributed by atoms with Crippen LogP contribution in [0.4, 0.5) is 18.9 Å². The second-order valence-electron chi connectivity index (χ2n) is 4.61. The lowest BCUT2D eigenvalue weighted by atomic mass is 10.1. The Bertz CT molecular complexity index is 761. The van der Waals surface area contributed by atoms with Crippen molar-refractivity contribution >= 4 is 17.6 Å². The summed E-state index contributed by atoms with van der Waals surface area (Å²) in [6.07, 6.45) is 1.50. The van der Waals surface area contributed by atoms with Crippen LogP contribution in [-0.2, 0) is 16.0 Å². The van der Waals surface area contributed by atoms with Gasteiger partial charge in [0.25, 0.3) is 0 Å². The molecule has 0 radical (unpaired) electrons. The average molecular weight is 339 g/mol. The molecule has 1 aromatic heterocycles. The first kappa shape index (κ1) is 17.4. The van der Waals surface area contributed by atoms with E-state index in [1.54, 1.807) is 6.92 Å². The molecular formula is C15H12F3N3O3. The Labute approximate surface area is 134 Å². The van der Waals surface area contributed by atoms with Crippen LogP contribution in [0.25, 0.3) is 0 Å². The van der Waals surface area contributed by atoms with Crippen LogP contribution in [0.2, 0.25) is 0 Å². The topological polar surface area (TPSA) is 81.2 Å². The van der Waals surface area contributed by atoms with Gasteiger partial charge in [0.15, 0.2) is 0 Å². The standard InChI is InChI=1S/C15H12F3N3O3/c1-2-24-15(23)10-6-19-20-7-13(10)21-14(22)5-9-11(17)3-8(16)4-12(9)18/h3-4,6-7H,2,5H2,1H3,(H,19,21,22). The van der Waals surface area contributed by atoms with Crippen molar-refractivity contribution in [1.82, 2.24) is 10.2 Å². The average Bonchev–Trinajstić information content (AvgIpc) is 2.51. The summed E-state index contributed by atoms with van der Waals surface area (Å²) in [6, 6.07) is 0.952. The predicted molar refractivity (Wildman–Crippen MR) is 76.6 cm³/mol. The molecule has 0 saturated carbocycles. The van der Waals surface area contributed by atoms with Crippen LogP contribution < -0.4 is 5.32 Å². The first-order valence-corrected chi connectivity index (χ1v) is 6.83. The highest BCUT2D eigenvalue weighted by molar-refractivity contribution is 6.01. The molecule has 0 spiro atoms. The van der Waals surface area contributed by atoms with E-state index in [1.165, 1.54) is 0 Å². The van der Waals surface area contributed by atoms with Gasteiger partial charge in [-0.3, -0.25) is 4.79 Å². The normalized spacial score (nSPS) is 10.3. The Balaban J connectivity index is 2.18.